The van der Waals surface area contributed by atoms with Gasteiger partial charge in [0.05, 0.1) is 29.9 Å². The van der Waals surface area contributed by atoms with Gasteiger partial charge in [-0.3, -0.25) is 19.7 Å². The highest BCUT2D eigenvalue weighted by Gasteiger charge is 2.20. The first kappa shape index (κ1) is 20.1. The largest absolute Gasteiger partial charge is 0.463 e. The molecule has 1 unspecified atom stereocenters. The van der Waals surface area contributed by atoms with Crippen LogP contribution in [-0.4, -0.2) is 22.9 Å². The van der Waals surface area contributed by atoms with E-state index < -0.39 is 16.9 Å². The molecule has 2 aromatic carbocycles. The predicted molar refractivity (Wildman–Crippen MR) is 100.0 cm³/mol. The second-order valence-electron chi connectivity index (χ2n) is 6.37. The minimum absolute atomic E-state index is 0.0220. The second kappa shape index (κ2) is 9.47. The third-order valence-corrected chi connectivity index (χ3v) is 3.79. The maximum absolute atomic E-state index is 12.4. The molecule has 0 aliphatic carbocycles. The number of rotatable bonds is 8. The molecule has 1 N–H and O–H groups in total. The van der Waals surface area contributed by atoms with Crippen LogP contribution in [0.1, 0.15) is 37.4 Å². The van der Waals surface area contributed by atoms with Crippen molar-refractivity contribution in [3.63, 3.8) is 0 Å². The lowest BCUT2D eigenvalue weighted by atomic mass is 10.0. The van der Waals surface area contributed by atoms with Crippen molar-refractivity contribution in [2.24, 2.45) is 0 Å². The van der Waals surface area contributed by atoms with Gasteiger partial charge in [-0.25, -0.2) is 0 Å². The van der Waals surface area contributed by atoms with Crippen LogP contribution in [0.15, 0.2) is 54.6 Å². The van der Waals surface area contributed by atoms with Crippen molar-refractivity contribution in [3.05, 3.63) is 75.8 Å². The van der Waals surface area contributed by atoms with Crippen molar-refractivity contribution in [3.8, 4) is 0 Å². The van der Waals surface area contributed by atoms with Crippen LogP contribution in [0.25, 0.3) is 0 Å². The summed E-state index contributed by atoms with van der Waals surface area (Å²) in [4.78, 5) is 34.7. The summed E-state index contributed by atoms with van der Waals surface area (Å²) in [5.74, 6) is -0.676. The quantitative estimate of drug-likeness (QED) is 0.436. The molecule has 2 aromatic rings. The molecule has 0 radical (unpaired) electrons. The van der Waals surface area contributed by atoms with E-state index in [-0.39, 0.29) is 30.5 Å². The predicted octanol–water partition coefficient (Wildman–Crippen LogP) is 3.34. The number of hydrogen-bond donors (Lipinski definition) is 1. The lowest BCUT2D eigenvalue weighted by molar-refractivity contribution is -0.384. The molecule has 0 aliphatic rings. The zero-order chi connectivity index (χ0) is 19.8. The molecule has 0 saturated carbocycles. The number of hydrogen-bond acceptors (Lipinski definition) is 5. The van der Waals surface area contributed by atoms with Crippen LogP contribution in [0.5, 0.6) is 0 Å². The molecule has 0 heterocycles. The molecule has 0 bridgehead atoms. The standard InChI is InChI=1S/C20H22N2O5/c1-14(2)27-20(24)13-18(16-6-4-3-5-7-16)21-19(23)12-15-8-10-17(11-9-15)22(25)26/h3-11,14,18H,12-13H2,1-2H3,(H,21,23). The molecule has 0 spiro atoms. The normalized spacial score (nSPS) is 11.7. The van der Waals surface area contributed by atoms with Crippen LogP contribution < -0.4 is 5.32 Å². The van der Waals surface area contributed by atoms with Gasteiger partial charge in [0, 0.05) is 12.1 Å². The third-order valence-electron chi connectivity index (χ3n) is 3.79. The molecule has 0 aromatic heterocycles. The third kappa shape index (κ3) is 6.54. The monoisotopic (exact) mass is 370 g/mol. The molecule has 0 saturated heterocycles. The van der Waals surface area contributed by atoms with E-state index in [0.29, 0.717) is 5.56 Å². The number of carbonyl (C=O) groups is 2. The summed E-state index contributed by atoms with van der Waals surface area (Å²) in [6.45, 7) is 3.53. The van der Waals surface area contributed by atoms with Crippen LogP contribution in [0.4, 0.5) is 5.69 Å². The highest BCUT2D eigenvalue weighted by atomic mass is 16.6. The van der Waals surface area contributed by atoms with Crippen LogP contribution >= 0.6 is 0 Å². The Hall–Kier alpha value is -3.22. The van der Waals surface area contributed by atoms with Gasteiger partial charge in [0.15, 0.2) is 0 Å². The molecule has 0 aliphatic heterocycles. The molecular weight excluding hydrogens is 348 g/mol. The van der Waals surface area contributed by atoms with E-state index in [4.69, 9.17) is 4.74 Å². The average Bonchev–Trinajstić information content (AvgIpc) is 2.61. The number of benzene rings is 2. The zero-order valence-corrected chi connectivity index (χ0v) is 15.3. The van der Waals surface area contributed by atoms with Crippen LogP contribution in [0, 0.1) is 10.1 Å². The Kier molecular flexibility index (Phi) is 7.05. The fraction of sp³-hybridized carbons (Fsp3) is 0.300. The topological polar surface area (TPSA) is 98.5 Å². The van der Waals surface area contributed by atoms with Gasteiger partial charge in [0.25, 0.3) is 5.69 Å². The summed E-state index contributed by atoms with van der Waals surface area (Å²) in [5.41, 5.74) is 1.42. The van der Waals surface area contributed by atoms with Crippen LogP contribution in [0.3, 0.4) is 0 Å². The summed E-state index contributed by atoms with van der Waals surface area (Å²) in [6.07, 6.45) is -0.154. The SMILES string of the molecule is CC(C)OC(=O)CC(NC(=O)Cc1ccc([N+](=O)[O-])cc1)c1ccccc1. The van der Waals surface area contributed by atoms with Crippen molar-refractivity contribution in [2.45, 2.75) is 38.8 Å². The number of esters is 1. The van der Waals surface area contributed by atoms with Crippen LogP contribution in [-0.2, 0) is 20.7 Å². The Bertz CT molecular complexity index is 788. The molecule has 27 heavy (non-hydrogen) atoms. The van der Waals surface area contributed by atoms with Crippen LogP contribution in [0.2, 0.25) is 0 Å². The van der Waals surface area contributed by atoms with E-state index in [2.05, 4.69) is 5.32 Å². The number of nitrogens with one attached hydrogen (secondary N) is 1. The Morgan fingerprint density at radius 1 is 1.07 bits per heavy atom. The molecule has 1 atom stereocenters. The highest BCUT2D eigenvalue weighted by molar-refractivity contribution is 5.80. The average molecular weight is 370 g/mol. The fourth-order valence-electron chi connectivity index (χ4n) is 2.58. The summed E-state index contributed by atoms with van der Waals surface area (Å²) in [7, 11) is 0. The van der Waals surface area contributed by atoms with Crippen molar-refractivity contribution >= 4 is 17.6 Å². The smallest absolute Gasteiger partial charge is 0.308 e. The summed E-state index contributed by atoms with van der Waals surface area (Å²) < 4.78 is 5.18. The number of nitro groups is 1. The van der Waals surface area contributed by atoms with Gasteiger partial charge in [-0.05, 0) is 25.0 Å². The van der Waals surface area contributed by atoms with Gasteiger partial charge in [-0.2, -0.15) is 0 Å². The maximum Gasteiger partial charge on any atom is 0.308 e. The fourth-order valence-corrected chi connectivity index (χ4v) is 2.58. The number of nitro benzene ring substituents is 1. The summed E-state index contributed by atoms with van der Waals surface area (Å²) in [6, 6.07) is 14.5. The number of non-ortho nitro benzene ring substituents is 1. The van der Waals surface area contributed by atoms with Gasteiger partial charge in [-0.1, -0.05) is 42.5 Å². The summed E-state index contributed by atoms with van der Waals surface area (Å²) in [5, 5.41) is 13.5. The Morgan fingerprint density at radius 2 is 1.70 bits per heavy atom. The maximum atomic E-state index is 12.4. The Labute approximate surface area is 157 Å². The van der Waals surface area contributed by atoms with E-state index in [1.165, 1.54) is 12.1 Å². The lowest BCUT2D eigenvalue weighted by Crippen LogP contribution is -2.32. The van der Waals surface area contributed by atoms with Gasteiger partial charge < -0.3 is 10.1 Å². The molecular formula is C20H22N2O5. The van der Waals surface area contributed by atoms with Crippen molar-refractivity contribution in [1.82, 2.24) is 5.32 Å². The molecule has 0 fully saturated rings. The van der Waals surface area contributed by atoms with Gasteiger partial charge >= 0.3 is 5.97 Å². The molecule has 2 rings (SSSR count). The number of nitrogens with zero attached hydrogens (tertiary/aromatic N) is 1. The van der Waals surface area contributed by atoms with E-state index >= 15 is 0 Å². The minimum Gasteiger partial charge on any atom is -0.463 e. The van der Waals surface area contributed by atoms with E-state index in [9.17, 15) is 19.7 Å². The summed E-state index contributed by atoms with van der Waals surface area (Å²) >= 11 is 0. The lowest BCUT2D eigenvalue weighted by Gasteiger charge is -2.19. The van der Waals surface area contributed by atoms with Gasteiger partial charge in [-0.15, -0.1) is 0 Å². The highest BCUT2D eigenvalue weighted by Crippen LogP contribution is 2.18. The second-order valence-corrected chi connectivity index (χ2v) is 6.37. The molecule has 1 amide bonds. The molecule has 142 valence electrons. The first-order chi connectivity index (χ1) is 12.8. The first-order valence-electron chi connectivity index (χ1n) is 8.62. The minimum atomic E-state index is -0.511. The van der Waals surface area contributed by atoms with Crippen molar-refractivity contribution in [2.75, 3.05) is 0 Å². The molecule has 7 heteroatoms. The molecule has 7 nitrogen and oxygen atoms in total. The van der Waals surface area contributed by atoms with Gasteiger partial charge in [0.2, 0.25) is 5.91 Å². The Balaban J connectivity index is 2.06. The van der Waals surface area contributed by atoms with Crippen molar-refractivity contribution in [1.29, 1.82) is 0 Å². The number of carbonyl (C=O) groups excluding carboxylic acids is 2. The Morgan fingerprint density at radius 3 is 2.26 bits per heavy atom. The zero-order valence-electron chi connectivity index (χ0n) is 15.3. The number of ether oxygens (including phenoxy) is 1. The van der Waals surface area contributed by atoms with E-state index in [1.807, 2.05) is 30.3 Å². The van der Waals surface area contributed by atoms with Crippen molar-refractivity contribution < 1.29 is 19.2 Å². The number of amides is 1. The van der Waals surface area contributed by atoms with E-state index in [1.54, 1.807) is 26.0 Å². The van der Waals surface area contributed by atoms with E-state index in [0.717, 1.165) is 5.56 Å². The van der Waals surface area contributed by atoms with Gasteiger partial charge in [0.1, 0.15) is 0 Å². The first-order valence-corrected chi connectivity index (χ1v) is 8.62.